The lowest BCUT2D eigenvalue weighted by Gasteiger charge is -2.37. The van der Waals surface area contributed by atoms with Gasteiger partial charge in [-0.3, -0.25) is 0 Å². The molecule has 0 radical (unpaired) electrons. The van der Waals surface area contributed by atoms with Gasteiger partial charge in [-0.25, -0.2) is 4.39 Å². The summed E-state index contributed by atoms with van der Waals surface area (Å²) in [7, 11) is 0. The lowest BCUT2D eigenvalue weighted by atomic mass is 9.72. The maximum absolute atomic E-state index is 13.1. The van der Waals surface area contributed by atoms with E-state index in [9.17, 15) is 4.39 Å². The summed E-state index contributed by atoms with van der Waals surface area (Å²) in [6.45, 7) is 5.88. The number of hydrogen-bond donors (Lipinski definition) is 0. The van der Waals surface area contributed by atoms with Crippen LogP contribution in [-0.2, 0) is 6.42 Å². The van der Waals surface area contributed by atoms with Crippen LogP contribution in [0.1, 0.15) is 80.4 Å². The zero-order valence-electron chi connectivity index (χ0n) is 18.9. The van der Waals surface area contributed by atoms with Crippen molar-refractivity contribution in [3.63, 3.8) is 0 Å². The molecule has 0 aromatic heterocycles. The molecule has 5 rings (SSSR count). The molecule has 1 heterocycles. The monoisotopic (exact) mass is 421 g/mol. The summed E-state index contributed by atoms with van der Waals surface area (Å²) in [4.78, 5) is 2.59. The van der Waals surface area contributed by atoms with Crippen LogP contribution in [0.2, 0.25) is 0 Å². The van der Waals surface area contributed by atoms with Crippen LogP contribution in [0.4, 0.5) is 4.39 Å². The summed E-state index contributed by atoms with van der Waals surface area (Å²) in [5.41, 5.74) is 4.34. The minimum absolute atomic E-state index is 0.147. The third-order valence-electron chi connectivity index (χ3n) is 7.89. The molecule has 3 aliphatic rings. The minimum Gasteiger partial charge on any atom is -0.490 e. The van der Waals surface area contributed by atoms with Crippen LogP contribution in [0.25, 0.3) is 0 Å². The fraction of sp³-hybridized carbons (Fsp3) is 0.571. The summed E-state index contributed by atoms with van der Waals surface area (Å²) >= 11 is 0. The van der Waals surface area contributed by atoms with Gasteiger partial charge in [0, 0.05) is 12.1 Å². The first kappa shape index (κ1) is 21.0. The number of benzene rings is 2. The average Bonchev–Trinajstić information content (AvgIpc) is 3.57. The molecule has 2 aliphatic carbocycles. The molecule has 31 heavy (non-hydrogen) atoms. The van der Waals surface area contributed by atoms with Gasteiger partial charge in [-0.2, -0.15) is 0 Å². The second kappa shape index (κ2) is 9.32. The highest BCUT2D eigenvalue weighted by atomic mass is 19.1. The van der Waals surface area contributed by atoms with Crippen molar-refractivity contribution in [2.75, 3.05) is 19.6 Å². The van der Waals surface area contributed by atoms with Crippen molar-refractivity contribution in [2.24, 2.45) is 5.92 Å². The maximum Gasteiger partial charge on any atom is 0.123 e. The third-order valence-corrected chi connectivity index (χ3v) is 7.89. The topological polar surface area (TPSA) is 12.5 Å². The van der Waals surface area contributed by atoms with Crippen molar-refractivity contribution in [1.29, 1.82) is 0 Å². The number of ether oxygens (including phenoxy) is 1. The standard InChI is InChI=1S/C28H36FNO/c1-20(22-15-18-30(19-16-22)17-14-21-8-10-24(29)11-9-21)26-6-3-7-27(31-25-12-13-25)28(26)23-4-2-5-23/h3,6-11,20,22-23,25H,2,4-5,12-19H2,1H3. The Morgan fingerprint density at radius 3 is 2.35 bits per heavy atom. The molecule has 1 unspecified atom stereocenters. The Morgan fingerprint density at radius 1 is 0.968 bits per heavy atom. The first-order valence-corrected chi connectivity index (χ1v) is 12.4. The molecule has 1 aliphatic heterocycles. The Kier molecular flexibility index (Phi) is 6.31. The number of piperidine rings is 1. The quantitative estimate of drug-likeness (QED) is 0.471. The van der Waals surface area contributed by atoms with E-state index < -0.39 is 0 Å². The molecule has 0 bridgehead atoms. The Hall–Kier alpha value is -1.87. The van der Waals surface area contributed by atoms with Crippen LogP contribution in [0.3, 0.4) is 0 Å². The molecule has 166 valence electrons. The SMILES string of the molecule is CC(c1cccc(OC2CC2)c1C1CCC1)C1CCN(CCc2ccc(F)cc2)CC1. The van der Waals surface area contributed by atoms with Crippen molar-refractivity contribution in [2.45, 2.75) is 76.2 Å². The summed E-state index contributed by atoms with van der Waals surface area (Å²) in [5, 5.41) is 0. The van der Waals surface area contributed by atoms with Gasteiger partial charge in [0.25, 0.3) is 0 Å². The number of nitrogens with zero attached hydrogens (tertiary/aromatic N) is 1. The molecule has 1 saturated heterocycles. The minimum atomic E-state index is -0.147. The van der Waals surface area contributed by atoms with Gasteiger partial charge in [0.05, 0.1) is 6.10 Å². The van der Waals surface area contributed by atoms with E-state index in [1.54, 1.807) is 23.3 Å². The highest BCUT2D eigenvalue weighted by molar-refractivity contribution is 5.46. The van der Waals surface area contributed by atoms with Gasteiger partial charge in [0.15, 0.2) is 0 Å². The van der Waals surface area contributed by atoms with E-state index in [1.807, 2.05) is 12.1 Å². The lowest BCUT2D eigenvalue weighted by Crippen LogP contribution is -2.36. The fourth-order valence-electron chi connectivity index (χ4n) is 5.43. The van der Waals surface area contributed by atoms with E-state index in [2.05, 4.69) is 30.0 Å². The van der Waals surface area contributed by atoms with Gasteiger partial charge in [-0.15, -0.1) is 0 Å². The Labute approximate surface area is 186 Å². The summed E-state index contributed by atoms with van der Waals surface area (Å²) in [6.07, 6.45) is 10.5. The summed E-state index contributed by atoms with van der Waals surface area (Å²) in [6, 6.07) is 13.8. The molecule has 2 saturated carbocycles. The van der Waals surface area contributed by atoms with Gasteiger partial charge in [-0.05, 0) is 105 Å². The Bertz CT molecular complexity index is 863. The molecule has 0 amide bonds. The van der Waals surface area contributed by atoms with E-state index in [0.29, 0.717) is 17.9 Å². The van der Waals surface area contributed by atoms with E-state index in [0.717, 1.165) is 18.9 Å². The van der Waals surface area contributed by atoms with Crippen LogP contribution < -0.4 is 4.74 Å². The highest BCUT2D eigenvalue weighted by Crippen LogP contribution is 2.47. The van der Waals surface area contributed by atoms with E-state index >= 15 is 0 Å². The molecular formula is C28H36FNO. The van der Waals surface area contributed by atoms with Gasteiger partial charge < -0.3 is 9.64 Å². The van der Waals surface area contributed by atoms with Crippen LogP contribution in [0, 0.1) is 11.7 Å². The van der Waals surface area contributed by atoms with Crippen molar-refractivity contribution >= 4 is 0 Å². The highest BCUT2D eigenvalue weighted by Gasteiger charge is 2.33. The predicted molar refractivity (Wildman–Crippen MR) is 124 cm³/mol. The van der Waals surface area contributed by atoms with Crippen LogP contribution in [-0.4, -0.2) is 30.6 Å². The number of rotatable bonds is 8. The number of hydrogen-bond acceptors (Lipinski definition) is 2. The molecule has 0 N–H and O–H groups in total. The summed E-state index contributed by atoms with van der Waals surface area (Å²) < 4.78 is 19.5. The second-order valence-electron chi connectivity index (χ2n) is 10.0. The fourth-order valence-corrected chi connectivity index (χ4v) is 5.43. The average molecular weight is 422 g/mol. The zero-order valence-corrected chi connectivity index (χ0v) is 18.9. The van der Waals surface area contributed by atoms with E-state index in [-0.39, 0.29) is 5.82 Å². The lowest BCUT2D eigenvalue weighted by molar-refractivity contribution is 0.172. The third kappa shape index (κ3) is 4.98. The van der Waals surface area contributed by atoms with Crippen molar-refractivity contribution < 1.29 is 9.13 Å². The first-order chi connectivity index (χ1) is 15.2. The predicted octanol–water partition coefficient (Wildman–Crippen LogP) is 6.69. The van der Waals surface area contributed by atoms with Crippen LogP contribution in [0.15, 0.2) is 42.5 Å². The Balaban J connectivity index is 1.21. The molecular weight excluding hydrogens is 385 g/mol. The molecule has 1 atom stereocenters. The molecule has 0 spiro atoms. The second-order valence-corrected chi connectivity index (χ2v) is 10.0. The van der Waals surface area contributed by atoms with Gasteiger partial charge in [0.1, 0.15) is 11.6 Å². The number of likely N-dealkylation sites (tertiary alicyclic amines) is 1. The molecule has 3 heteroatoms. The Morgan fingerprint density at radius 2 is 1.71 bits per heavy atom. The maximum atomic E-state index is 13.1. The summed E-state index contributed by atoms with van der Waals surface area (Å²) in [5.74, 6) is 3.09. The van der Waals surface area contributed by atoms with E-state index in [4.69, 9.17) is 4.74 Å². The van der Waals surface area contributed by atoms with Crippen molar-refractivity contribution in [3.8, 4) is 5.75 Å². The smallest absolute Gasteiger partial charge is 0.123 e. The van der Waals surface area contributed by atoms with Gasteiger partial charge in [-0.1, -0.05) is 37.6 Å². The van der Waals surface area contributed by atoms with Crippen LogP contribution in [0.5, 0.6) is 5.75 Å². The van der Waals surface area contributed by atoms with Gasteiger partial charge in [0.2, 0.25) is 0 Å². The van der Waals surface area contributed by atoms with Crippen LogP contribution >= 0.6 is 0 Å². The van der Waals surface area contributed by atoms with Crippen molar-refractivity contribution in [3.05, 3.63) is 65.0 Å². The normalized spacial score (nSPS) is 21.6. The molecule has 2 aromatic rings. The number of halogens is 1. The van der Waals surface area contributed by atoms with Gasteiger partial charge >= 0.3 is 0 Å². The van der Waals surface area contributed by atoms with E-state index in [1.165, 1.54) is 69.3 Å². The van der Waals surface area contributed by atoms with Crippen molar-refractivity contribution in [1.82, 2.24) is 4.90 Å². The molecule has 2 nitrogen and oxygen atoms in total. The molecule has 3 fully saturated rings. The zero-order chi connectivity index (χ0) is 21.2. The largest absolute Gasteiger partial charge is 0.490 e. The first-order valence-electron chi connectivity index (χ1n) is 12.4. The molecule has 2 aromatic carbocycles.